The molecule has 44 heavy (non-hydrogen) atoms. The highest BCUT2D eigenvalue weighted by Gasteiger charge is 2.55. The van der Waals surface area contributed by atoms with Gasteiger partial charge in [0.05, 0.1) is 47.5 Å². The first-order valence-corrected chi connectivity index (χ1v) is 14.0. The van der Waals surface area contributed by atoms with Gasteiger partial charge in [-0.2, -0.15) is 0 Å². The minimum Gasteiger partial charge on any atom is -0.505 e. The number of pyridine rings is 1. The number of aliphatic hydroxyl groups is 3. The molecular formula is C32H30FN3O8. The highest BCUT2D eigenvalue weighted by atomic mass is 19.1. The lowest BCUT2D eigenvalue weighted by Crippen LogP contribution is -2.39. The van der Waals surface area contributed by atoms with Gasteiger partial charge in [-0.3, -0.25) is 24.7 Å². The lowest BCUT2D eigenvalue weighted by atomic mass is 9.68. The summed E-state index contributed by atoms with van der Waals surface area (Å²) in [5, 5.41) is 53.1. The van der Waals surface area contributed by atoms with Gasteiger partial charge < -0.3 is 20.4 Å². The highest BCUT2D eigenvalue weighted by molar-refractivity contribution is 6.22. The summed E-state index contributed by atoms with van der Waals surface area (Å²) in [7, 11) is 0. The summed E-state index contributed by atoms with van der Waals surface area (Å²) in [4.78, 5) is 43.0. The lowest BCUT2D eigenvalue weighted by Gasteiger charge is -2.36. The van der Waals surface area contributed by atoms with Gasteiger partial charge in [0.1, 0.15) is 0 Å². The van der Waals surface area contributed by atoms with E-state index in [-0.39, 0.29) is 36.2 Å². The molecule has 5 rings (SSSR count). The number of nitro groups is 1. The van der Waals surface area contributed by atoms with Crippen molar-refractivity contribution in [3.8, 4) is 5.75 Å². The number of hydrogen-bond acceptors (Lipinski definition) is 9. The minimum atomic E-state index is -1.23. The lowest BCUT2D eigenvalue weighted by molar-refractivity contribution is -0.384. The van der Waals surface area contributed by atoms with Crippen LogP contribution in [0, 0.1) is 33.7 Å². The quantitative estimate of drug-likeness (QED) is 0.117. The summed E-state index contributed by atoms with van der Waals surface area (Å²) in [5.41, 5.74) is 2.00. The average Bonchev–Trinajstić information content (AvgIpc) is 3.28. The van der Waals surface area contributed by atoms with Crippen LogP contribution in [0.1, 0.15) is 30.5 Å². The van der Waals surface area contributed by atoms with E-state index < -0.39 is 65.4 Å². The first-order valence-electron chi connectivity index (χ1n) is 14.0. The number of rotatable bonds is 10. The number of non-ortho nitro benzene ring substituents is 1. The Morgan fingerprint density at radius 3 is 2.57 bits per heavy atom. The van der Waals surface area contributed by atoms with E-state index in [1.54, 1.807) is 30.5 Å². The van der Waals surface area contributed by atoms with Gasteiger partial charge in [-0.15, -0.1) is 0 Å². The van der Waals surface area contributed by atoms with E-state index in [0.717, 1.165) is 11.0 Å². The number of halogens is 1. The van der Waals surface area contributed by atoms with E-state index >= 15 is 0 Å². The van der Waals surface area contributed by atoms with Gasteiger partial charge in [0.25, 0.3) is 5.69 Å². The smallest absolute Gasteiger partial charge is 0.271 e. The number of aromatic nitrogens is 1. The van der Waals surface area contributed by atoms with Crippen LogP contribution in [0.25, 0.3) is 11.6 Å². The molecule has 1 aliphatic heterocycles. The Hall–Kier alpha value is -4.78. The van der Waals surface area contributed by atoms with Gasteiger partial charge in [-0.25, -0.2) is 9.29 Å². The maximum atomic E-state index is 14.0. The molecule has 2 aliphatic rings. The van der Waals surface area contributed by atoms with E-state index in [9.17, 15) is 44.5 Å². The Morgan fingerprint density at radius 1 is 1.11 bits per heavy atom. The van der Waals surface area contributed by atoms with E-state index in [1.807, 2.05) is 0 Å². The van der Waals surface area contributed by atoms with E-state index in [1.165, 1.54) is 36.4 Å². The number of benzene rings is 2. The highest BCUT2D eigenvalue weighted by Crippen LogP contribution is 2.47. The number of aromatic hydroxyl groups is 1. The zero-order valence-electron chi connectivity index (χ0n) is 23.4. The summed E-state index contributed by atoms with van der Waals surface area (Å²) >= 11 is 0. The fraction of sp³-hybridized carbons (Fsp3) is 0.281. The van der Waals surface area contributed by atoms with Crippen LogP contribution in [0.15, 0.2) is 78.0 Å². The molecule has 3 aromatic rings. The van der Waals surface area contributed by atoms with Crippen LogP contribution in [-0.2, 0) is 9.59 Å². The molecule has 228 valence electrons. The van der Waals surface area contributed by atoms with Crippen LogP contribution in [-0.4, -0.2) is 61.5 Å². The number of carbonyl (C=O) groups is 2. The Morgan fingerprint density at radius 2 is 1.91 bits per heavy atom. The molecule has 0 spiro atoms. The van der Waals surface area contributed by atoms with Crippen LogP contribution < -0.4 is 4.90 Å². The van der Waals surface area contributed by atoms with Crippen molar-refractivity contribution in [2.45, 2.75) is 25.4 Å². The van der Waals surface area contributed by atoms with Gasteiger partial charge in [0.2, 0.25) is 11.8 Å². The molecule has 2 heterocycles. The molecule has 1 saturated heterocycles. The number of phenolic OH excluding ortho intramolecular Hbond substituents is 1. The number of carbonyl (C=O) groups excluding carboxylic acids is 2. The molecule has 0 saturated carbocycles. The van der Waals surface area contributed by atoms with Crippen LogP contribution in [0.3, 0.4) is 0 Å². The van der Waals surface area contributed by atoms with Crippen molar-refractivity contribution in [2.75, 3.05) is 18.1 Å². The van der Waals surface area contributed by atoms with Crippen LogP contribution >= 0.6 is 0 Å². The number of imide groups is 1. The summed E-state index contributed by atoms with van der Waals surface area (Å²) < 4.78 is 14.0. The third-order valence-corrected chi connectivity index (χ3v) is 8.22. The van der Waals surface area contributed by atoms with Gasteiger partial charge in [-0.05, 0) is 78.0 Å². The zero-order chi connectivity index (χ0) is 31.5. The molecular weight excluding hydrogens is 573 g/mol. The monoisotopic (exact) mass is 603 g/mol. The van der Waals surface area contributed by atoms with Gasteiger partial charge >= 0.3 is 0 Å². The number of allylic oxidation sites excluding steroid dienone is 1. The standard InChI is InChI=1S/C32H30FN3O8/c33-25-13-18(7-9-27(25)39)12-19(26-6-1-2-11-34-26)8-10-28(40)29-20(16-37)14-23-30(24(29)17-38)32(42)35(31(23)41)21-4-3-5-22(15-21)36(43)44/h1-7,9,11-13,15,23-24,28,30,37-40H,8,10,14,16-17H2/b19-12-/t23-,24+,28-,30-/m1/s1. The van der Waals surface area contributed by atoms with Crippen molar-refractivity contribution in [1.29, 1.82) is 0 Å². The molecule has 4 atom stereocenters. The second kappa shape index (κ2) is 12.8. The normalized spacial score (nSPS) is 21.0. The van der Waals surface area contributed by atoms with E-state index in [4.69, 9.17) is 0 Å². The molecule has 2 aromatic carbocycles. The van der Waals surface area contributed by atoms with Crippen molar-refractivity contribution < 1.29 is 39.3 Å². The third kappa shape index (κ3) is 5.87. The Kier molecular flexibility index (Phi) is 8.95. The fourth-order valence-corrected chi connectivity index (χ4v) is 6.19. The predicted octanol–water partition coefficient (Wildman–Crippen LogP) is 3.62. The maximum Gasteiger partial charge on any atom is 0.271 e. The molecule has 1 fully saturated rings. The Bertz CT molecular complexity index is 1660. The second-order valence-corrected chi connectivity index (χ2v) is 10.8. The molecule has 4 N–H and O–H groups in total. The number of anilines is 1. The van der Waals surface area contributed by atoms with E-state index in [2.05, 4.69) is 4.98 Å². The van der Waals surface area contributed by atoms with Crippen molar-refractivity contribution in [3.05, 3.63) is 105 Å². The number of nitro benzene ring substituents is 1. The second-order valence-electron chi connectivity index (χ2n) is 10.8. The van der Waals surface area contributed by atoms with Crippen LogP contribution in [0.5, 0.6) is 5.75 Å². The molecule has 0 radical (unpaired) electrons. The van der Waals surface area contributed by atoms with E-state index in [0.29, 0.717) is 22.4 Å². The molecule has 12 heteroatoms. The molecule has 1 aromatic heterocycles. The summed E-state index contributed by atoms with van der Waals surface area (Å²) in [5.74, 6) is -5.49. The van der Waals surface area contributed by atoms with Crippen molar-refractivity contribution >= 4 is 34.8 Å². The van der Waals surface area contributed by atoms with Gasteiger partial charge in [0, 0.05) is 24.2 Å². The number of amides is 2. The summed E-state index contributed by atoms with van der Waals surface area (Å²) in [6.07, 6.45) is 2.30. The van der Waals surface area contributed by atoms with Crippen molar-refractivity contribution in [1.82, 2.24) is 4.98 Å². The molecule has 0 unspecified atom stereocenters. The van der Waals surface area contributed by atoms with Crippen LogP contribution in [0.2, 0.25) is 0 Å². The van der Waals surface area contributed by atoms with Gasteiger partial charge in [-0.1, -0.05) is 18.2 Å². The minimum absolute atomic E-state index is 0.0312. The topological polar surface area (TPSA) is 174 Å². The molecule has 1 aliphatic carbocycles. The maximum absolute atomic E-state index is 14.0. The largest absolute Gasteiger partial charge is 0.505 e. The predicted molar refractivity (Wildman–Crippen MR) is 157 cm³/mol. The first kappa shape index (κ1) is 30.7. The first-order chi connectivity index (χ1) is 21.1. The zero-order valence-corrected chi connectivity index (χ0v) is 23.4. The Labute approximate surface area is 251 Å². The van der Waals surface area contributed by atoms with Crippen molar-refractivity contribution in [2.24, 2.45) is 17.8 Å². The summed E-state index contributed by atoms with van der Waals surface area (Å²) in [6, 6.07) is 14.3. The Balaban J connectivity index is 1.43. The van der Waals surface area contributed by atoms with Gasteiger partial charge in [0.15, 0.2) is 11.6 Å². The molecule has 0 bridgehead atoms. The molecule has 11 nitrogen and oxygen atoms in total. The number of aliphatic hydroxyl groups excluding tert-OH is 3. The number of nitrogens with zero attached hydrogens (tertiary/aromatic N) is 3. The van der Waals surface area contributed by atoms with Crippen molar-refractivity contribution in [3.63, 3.8) is 0 Å². The fourth-order valence-electron chi connectivity index (χ4n) is 6.19. The summed E-state index contributed by atoms with van der Waals surface area (Å²) in [6.45, 7) is -1.10. The SMILES string of the molecule is O=C1[C@@H]2[C@@H](CC(CO)=C([C@H](O)CC/C(=C/c3ccc(O)c(F)c3)c3ccccn3)[C@@H]2CO)C(=O)N1c1cccc([N+](=O)[O-])c1. The number of phenols is 1. The number of hydrogen-bond donors (Lipinski definition) is 4. The third-order valence-electron chi connectivity index (χ3n) is 8.22. The van der Waals surface area contributed by atoms with Crippen LogP contribution in [0.4, 0.5) is 15.8 Å². The molecule has 2 amide bonds. The number of fused-ring (bicyclic) bond motifs is 1. The average molecular weight is 604 g/mol.